The van der Waals surface area contributed by atoms with E-state index in [1.54, 1.807) is 6.07 Å². The van der Waals surface area contributed by atoms with Crippen LogP contribution in [-0.2, 0) is 0 Å². The van der Waals surface area contributed by atoms with Crippen LogP contribution in [-0.4, -0.2) is 19.1 Å². The number of carbonyl (C=O) groups excluding carboxylic acids is 1. The predicted molar refractivity (Wildman–Crippen MR) is 105 cm³/mol. The van der Waals surface area contributed by atoms with Crippen LogP contribution in [0, 0.1) is 10.5 Å². The van der Waals surface area contributed by atoms with Crippen LogP contribution in [0.15, 0.2) is 36.4 Å². The van der Waals surface area contributed by atoms with Gasteiger partial charge in [-0.2, -0.15) is 0 Å². The van der Waals surface area contributed by atoms with Crippen LogP contribution in [0.25, 0.3) is 0 Å². The van der Waals surface area contributed by atoms with Gasteiger partial charge in [-0.15, -0.1) is 0 Å². The van der Waals surface area contributed by atoms with Crippen molar-refractivity contribution in [2.45, 2.75) is 27.2 Å². The smallest absolute Gasteiger partial charge is 0.255 e. The average molecular weight is 439 g/mol. The third-order valence-electron chi connectivity index (χ3n) is 3.33. The Hall–Kier alpha value is -1.76. The van der Waals surface area contributed by atoms with E-state index in [1.807, 2.05) is 44.2 Å². The van der Waals surface area contributed by atoms with E-state index < -0.39 is 0 Å². The lowest BCUT2D eigenvalue weighted by Gasteiger charge is -2.15. The Morgan fingerprint density at radius 1 is 1.12 bits per heavy atom. The predicted octanol–water partition coefficient (Wildman–Crippen LogP) is 5.04. The summed E-state index contributed by atoms with van der Waals surface area (Å²) in [6.45, 7) is 7.11. The number of amides is 1. The Bertz CT molecular complexity index is 699. The third-order valence-corrected chi connectivity index (χ3v) is 4.13. The molecule has 0 bridgehead atoms. The molecule has 0 aliphatic heterocycles. The van der Waals surface area contributed by atoms with Crippen LogP contribution < -0.4 is 14.8 Å². The molecule has 0 spiro atoms. The second kappa shape index (κ2) is 8.92. The maximum absolute atomic E-state index is 12.5. The highest BCUT2D eigenvalue weighted by Gasteiger charge is 2.16. The number of carbonyl (C=O) groups is 1. The number of nitrogens with one attached hydrogen (secondary N) is 1. The first kappa shape index (κ1) is 18.6. The summed E-state index contributed by atoms with van der Waals surface area (Å²) in [5.41, 5.74) is 2.47. The number of aryl methyl sites for hydroxylation is 1. The number of benzene rings is 2. The Morgan fingerprint density at radius 2 is 1.83 bits per heavy atom. The van der Waals surface area contributed by atoms with Crippen molar-refractivity contribution in [2.24, 2.45) is 0 Å². The van der Waals surface area contributed by atoms with Gasteiger partial charge in [0.05, 0.1) is 16.8 Å². The number of anilines is 1. The first-order chi connectivity index (χ1) is 11.5. The summed E-state index contributed by atoms with van der Waals surface area (Å²) < 4.78 is 12.3. The highest BCUT2D eigenvalue weighted by molar-refractivity contribution is 14.1. The van der Waals surface area contributed by atoms with Gasteiger partial charge in [0.2, 0.25) is 0 Å². The number of hydrogen-bond acceptors (Lipinski definition) is 3. The van der Waals surface area contributed by atoms with Gasteiger partial charge in [-0.3, -0.25) is 4.79 Å². The quantitative estimate of drug-likeness (QED) is 0.615. The zero-order chi connectivity index (χ0) is 17.5. The molecule has 5 heteroatoms. The number of ether oxygens (including phenoxy) is 2. The molecule has 24 heavy (non-hydrogen) atoms. The molecule has 4 nitrogen and oxygen atoms in total. The van der Waals surface area contributed by atoms with Gasteiger partial charge < -0.3 is 14.8 Å². The van der Waals surface area contributed by atoms with Gasteiger partial charge >= 0.3 is 0 Å². The van der Waals surface area contributed by atoms with Crippen molar-refractivity contribution in [1.29, 1.82) is 0 Å². The molecule has 1 N–H and O–H groups in total. The summed E-state index contributed by atoms with van der Waals surface area (Å²) in [6.07, 6.45) is 0.914. The summed E-state index contributed by atoms with van der Waals surface area (Å²) in [6, 6.07) is 11.3. The van der Waals surface area contributed by atoms with Gasteiger partial charge in [0.25, 0.3) is 5.91 Å². The molecule has 0 aliphatic rings. The lowest BCUT2D eigenvalue weighted by molar-refractivity contribution is 0.102. The Balaban J connectivity index is 2.25. The zero-order valence-corrected chi connectivity index (χ0v) is 16.3. The number of hydrogen-bond donors (Lipinski definition) is 1. The molecule has 0 heterocycles. The minimum Gasteiger partial charge on any atom is -0.490 e. The zero-order valence-electron chi connectivity index (χ0n) is 14.2. The molecule has 128 valence electrons. The summed E-state index contributed by atoms with van der Waals surface area (Å²) in [7, 11) is 0. The fraction of sp³-hybridized carbons (Fsp3) is 0.316. The van der Waals surface area contributed by atoms with E-state index in [2.05, 4.69) is 34.8 Å². The van der Waals surface area contributed by atoms with E-state index in [4.69, 9.17) is 9.47 Å². The monoisotopic (exact) mass is 439 g/mol. The fourth-order valence-corrected chi connectivity index (χ4v) is 2.90. The molecule has 0 unspecified atom stereocenters. The second-order valence-corrected chi connectivity index (χ2v) is 6.55. The SMILES string of the molecule is CCCOc1c(I)cc(C(=O)Nc2ccc(C)cc2)cc1OCC. The maximum Gasteiger partial charge on any atom is 0.255 e. The largest absolute Gasteiger partial charge is 0.490 e. The highest BCUT2D eigenvalue weighted by Crippen LogP contribution is 2.34. The number of halogens is 1. The van der Waals surface area contributed by atoms with E-state index in [-0.39, 0.29) is 5.91 Å². The summed E-state index contributed by atoms with van der Waals surface area (Å²) in [5.74, 6) is 1.14. The summed E-state index contributed by atoms with van der Waals surface area (Å²) in [4.78, 5) is 12.5. The molecule has 0 aliphatic carbocycles. The molecule has 0 fully saturated rings. The maximum atomic E-state index is 12.5. The van der Waals surface area contributed by atoms with Crippen molar-refractivity contribution in [3.63, 3.8) is 0 Å². The van der Waals surface area contributed by atoms with Crippen LogP contribution in [0.3, 0.4) is 0 Å². The first-order valence-electron chi connectivity index (χ1n) is 8.02. The van der Waals surface area contributed by atoms with Crippen LogP contribution in [0.1, 0.15) is 36.2 Å². The molecule has 0 saturated carbocycles. The van der Waals surface area contributed by atoms with E-state index in [0.717, 1.165) is 21.2 Å². The van der Waals surface area contributed by atoms with Gasteiger partial charge in [-0.1, -0.05) is 24.6 Å². The summed E-state index contributed by atoms with van der Waals surface area (Å²) >= 11 is 2.17. The Kier molecular flexibility index (Phi) is 6.90. The molecule has 1 amide bonds. The molecule has 2 aromatic rings. The molecular weight excluding hydrogens is 417 g/mol. The van der Waals surface area contributed by atoms with Crippen LogP contribution in [0.5, 0.6) is 11.5 Å². The lowest BCUT2D eigenvalue weighted by Crippen LogP contribution is -2.13. The third kappa shape index (κ3) is 4.87. The molecule has 0 atom stereocenters. The van der Waals surface area contributed by atoms with Gasteiger partial charge in [-0.25, -0.2) is 0 Å². The standard InChI is InChI=1S/C19H22INO3/c1-4-10-24-18-16(20)11-14(12-17(18)23-5-2)19(22)21-15-8-6-13(3)7-9-15/h6-9,11-12H,4-5,10H2,1-3H3,(H,21,22). The van der Waals surface area contributed by atoms with E-state index in [0.29, 0.717) is 30.3 Å². The van der Waals surface area contributed by atoms with Crippen molar-refractivity contribution >= 4 is 34.2 Å². The van der Waals surface area contributed by atoms with E-state index >= 15 is 0 Å². The fourth-order valence-electron chi connectivity index (χ4n) is 2.15. The minimum atomic E-state index is -0.167. The molecule has 2 rings (SSSR count). The van der Waals surface area contributed by atoms with Gasteiger partial charge in [0, 0.05) is 11.3 Å². The van der Waals surface area contributed by atoms with Gasteiger partial charge in [0.1, 0.15) is 0 Å². The highest BCUT2D eigenvalue weighted by atomic mass is 127. The van der Waals surface area contributed by atoms with E-state index in [9.17, 15) is 4.79 Å². The van der Waals surface area contributed by atoms with Crippen molar-refractivity contribution in [1.82, 2.24) is 0 Å². The van der Waals surface area contributed by atoms with Gasteiger partial charge in [0.15, 0.2) is 11.5 Å². The average Bonchev–Trinajstić information content (AvgIpc) is 2.56. The topological polar surface area (TPSA) is 47.6 Å². The van der Waals surface area contributed by atoms with Crippen molar-refractivity contribution in [3.8, 4) is 11.5 Å². The molecular formula is C19H22INO3. The first-order valence-corrected chi connectivity index (χ1v) is 9.10. The minimum absolute atomic E-state index is 0.167. The van der Waals surface area contributed by atoms with Crippen LogP contribution in [0.4, 0.5) is 5.69 Å². The van der Waals surface area contributed by atoms with E-state index in [1.165, 1.54) is 0 Å². The lowest BCUT2D eigenvalue weighted by atomic mass is 10.1. The van der Waals surface area contributed by atoms with Crippen molar-refractivity contribution in [2.75, 3.05) is 18.5 Å². The Morgan fingerprint density at radius 3 is 2.46 bits per heavy atom. The van der Waals surface area contributed by atoms with Crippen molar-refractivity contribution < 1.29 is 14.3 Å². The Labute approximate surface area is 156 Å². The molecule has 0 saturated heterocycles. The normalized spacial score (nSPS) is 10.3. The van der Waals surface area contributed by atoms with Gasteiger partial charge in [-0.05, 0) is 67.1 Å². The van der Waals surface area contributed by atoms with Crippen molar-refractivity contribution in [3.05, 3.63) is 51.1 Å². The van der Waals surface area contributed by atoms with Crippen LogP contribution in [0.2, 0.25) is 0 Å². The molecule has 0 aromatic heterocycles. The summed E-state index contributed by atoms with van der Waals surface area (Å²) in [5, 5.41) is 2.91. The van der Waals surface area contributed by atoms with Crippen LogP contribution >= 0.6 is 22.6 Å². The molecule has 2 aromatic carbocycles. The second-order valence-electron chi connectivity index (χ2n) is 5.39. The molecule has 0 radical (unpaired) electrons. The number of rotatable bonds is 7.